The Balaban J connectivity index is 0.000000147. The molecule has 0 N–H and O–H groups in total. The van der Waals surface area contributed by atoms with Crippen LogP contribution >= 0.6 is 22.7 Å². The average molecular weight is 1940 g/mol. The summed E-state index contributed by atoms with van der Waals surface area (Å²) in [5.41, 5.74) is 2.38. The lowest BCUT2D eigenvalue weighted by Gasteiger charge is -2.43. The zero-order chi connectivity index (χ0) is 93.1. The summed E-state index contributed by atoms with van der Waals surface area (Å²) in [4.78, 5) is 74.0. The van der Waals surface area contributed by atoms with Gasteiger partial charge in [0.05, 0.1) is 75.8 Å². The van der Waals surface area contributed by atoms with Crippen LogP contribution in [0.3, 0.4) is 0 Å². The van der Waals surface area contributed by atoms with Crippen molar-refractivity contribution in [1.29, 1.82) is 0 Å². The van der Waals surface area contributed by atoms with E-state index in [1.807, 2.05) is 31.2 Å². The van der Waals surface area contributed by atoms with Gasteiger partial charge in [-0.3, -0.25) is 19.2 Å². The smallest absolute Gasteiger partial charge is 0.350 e. The number of aryl methyl sites for hydroxylation is 1. The second-order valence-electron chi connectivity index (χ2n) is 32.3. The lowest BCUT2D eigenvalue weighted by atomic mass is 9.95. The van der Waals surface area contributed by atoms with Gasteiger partial charge in [0.25, 0.3) is 0 Å². The number of piperazine rings is 4. The molecule has 4 unspecified atom stereocenters. The van der Waals surface area contributed by atoms with Crippen molar-refractivity contribution in [3.05, 3.63) is 182 Å². The average Bonchev–Trinajstić information content (AvgIpc) is 1.76. The molecule has 16 rings (SSSR count). The number of hydrogen-bond acceptors (Lipinski definition) is 26. The highest BCUT2D eigenvalue weighted by molar-refractivity contribution is 7.92. The van der Waals surface area contributed by atoms with Gasteiger partial charge >= 0.3 is 24.7 Å². The fourth-order valence-electron chi connectivity index (χ4n) is 16.6. The van der Waals surface area contributed by atoms with Gasteiger partial charge < -0.3 is 43.7 Å². The minimum Gasteiger partial charge on any atom is -0.350 e. The largest absolute Gasteiger partial charge is 0.452 e. The number of nitrogens with zero attached hydrogens (tertiary/aromatic N) is 15. The number of aromatic nitrogens is 7. The summed E-state index contributed by atoms with van der Waals surface area (Å²) in [5.74, 6) is -5.40. The van der Waals surface area contributed by atoms with Crippen LogP contribution in [0.4, 0.5) is 87.9 Å². The maximum atomic E-state index is 14.6. The van der Waals surface area contributed by atoms with Crippen LogP contribution in [-0.4, -0.2) is 237 Å². The molecule has 8 aliphatic rings. The van der Waals surface area contributed by atoms with Gasteiger partial charge in [-0.05, 0) is 105 Å². The van der Waals surface area contributed by atoms with Gasteiger partial charge in [-0.1, -0.05) is 100 Å². The van der Waals surface area contributed by atoms with E-state index in [1.54, 1.807) is 46.4 Å². The highest BCUT2D eigenvalue weighted by atomic mass is 32.2. The van der Waals surface area contributed by atoms with Crippen LogP contribution in [0.5, 0.6) is 0 Å². The van der Waals surface area contributed by atoms with Crippen molar-refractivity contribution < 1.29 is 123 Å². The van der Waals surface area contributed by atoms with Crippen molar-refractivity contribution in [2.45, 2.75) is 107 Å². The van der Waals surface area contributed by atoms with Gasteiger partial charge in [-0.15, -0.1) is 20.4 Å². The molecule has 0 radical (unpaired) electrons. The third-order valence-corrected chi connectivity index (χ3v) is 32.6. The van der Waals surface area contributed by atoms with E-state index in [0.717, 1.165) is 29.6 Å². The quantitative estimate of drug-likeness (QED) is 0.103. The number of amides is 4. The van der Waals surface area contributed by atoms with E-state index in [0.29, 0.717) is 66.3 Å². The molecule has 0 saturated carbocycles. The van der Waals surface area contributed by atoms with E-state index in [2.05, 4.69) is 40.0 Å². The fourth-order valence-corrected chi connectivity index (χ4v) is 24.1. The Hall–Kier alpha value is -9.88. The molecule has 700 valence electrons. The van der Waals surface area contributed by atoms with Crippen LogP contribution in [0.15, 0.2) is 120 Å². The fraction of sp³-hybridized carbons (Fsp3) is 0.512. The van der Waals surface area contributed by atoms with E-state index < -0.39 is 139 Å². The van der Waals surface area contributed by atoms with Gasteiger partial charge in [-0.2, -0.15) is 52.7 Å². The van der Waals surface area contributed by atoms with Crippen LogP contribution in [0.25, 0.3) is 0 Å². The van der Waals surface area contributed by atoms with Gasteiger partial charge in [0.15, 0.2) is 5.82 Å². The van der Waals surface area contributed by atoms with Crippen LogP contribution in [0.2, 0.25) is 0 Å². The molecular weight excluding hydrogens is 1860 g/mol. The Labute approximate surface area is 738 Å². The Kier molecular flexibility index (Phi) is 29.4. The van der Waals surface area contributed by atoms with E-state index in [4.69, 9.17) is 0 Å². The summed E-state index contributed by atoms with van der Waals surface area (Å²) in [6, 6.07) is 23.5. The van der Waals surface area contributed by atoms with E-state index in [-0.39, 0.29) is 207 Å². The first-order valence-corrected chi connectivity index (χ1v) is 49.7. The zero-order valence-corrected chi connectivity index (χ0v) is 73.4. The minimum absolute atomic E-state index is 0.0118. The highest BCUT2D eigenvalue weighted by Crippen LogP contribution is 2.43. The first-order chi connectivity index (χ1) is 60.6. The third kappa shape index (κ3) is 24.3. The standard InChI is InChI=1S/C22H25F3N4O3S.C20H21F4N3O4S.2C19H20F4N4O3S2/c1-15-3-2-4-17(11-15)19-14-28(21-26-12-18(13-27-21)22(23,24)25)7-8-29(19)20(30)16-5-9-33(31,32)10-6-16;21-15-3-1-2-14(10-15)16-12-26(18-11-17(31-25-18)20(22,23)24)6-7-27(16)19(28)13-4-8-32(29,30)9-5-13;20-14-3-1-12(2-4-14)15-11-26(18-25-24-17(31-18)19(21,22)23)7-8-27(15)16(28)13-5-9-32(29,30)10-6-13;20-14-4-2-1-3-13(14)15-11-26(18-25-24-17(31-18)19(21,22)23)7-8-27(15)16(28)12-5-9-32(29,30)10-6-12/h2-4,11-13,16,19H,5-10,14H2,1H3;1-3,10-11,13,16H,4-9,12H2;1-4,13,15H,5-11H2;1-4,12,15H,5-11H2. The number of rotatable bonds is 12. The number of hydrogen-bond donors (Lipinski definition) is 0. The number of carbonyl (C=O) groups excluding carboxylic acids is 4. The second-order valence-corrected chi connectivity index (χ2v) is 43.4. The molecule has 8 fully saturated rings. The van der Waals surface area contributed by atoms with E-state index >= 15 is 0 Å². The first-order valence-electron chi connectivity index (χ1n) is 40.7. The van der Waals surface area contributed by atoms with E-state index in [9.17, 15) is 119 Å². The minimum atomic E-state index is -4.67. The summed E-state index contributed by atoms with van der Waals surface area (Å²) in [6.07, 6.45) is -14.9. The van der Waals surface area contributed by atoms with Crippen molar-refractivity contribution >= 4 is 108 Å². The number of alkyl halides is 12. The monoisotopic (exact) mass is 1940 g/mol. The number of halogens is 15. The van der Waals surface area contributed by atoms with Crippen molar-refractivity contribution in [3.8, 4) is 0 Å². The molecule has 129 heavy (non-hydrogen) atoms. The number of sulfone groups is 4. The highest BCUT2D eigenvalue weighted by Gasteiger charge is 2.47. The van der Waals surface area contributed by atoms with Crippen molar-refractivity contribution in [2.24, 2.45) is 23.7 Å². The Morgan fingerprint density at radius 1 is 0.388 bits per heavy atom. The van der Waals surface area contributed by atoms with E-state index in [1.165, 1.54) is 65.6 Å². The van der Waals surface area contributed by atoms with Crippen molar-refractivity contribution in [2.75, 3.05) is 144 Å². The molecular formula is C80H86F15N15O13S6. The molecule has 49 heteroatoms. The molecule has 4 amide bonds. The normalized spacial score (nSPS) is 22.1. The topological polar surface area (TPSA) is 334 Å². The van der Waals surface area contributed by atoms with Gasteiger partial charge in [0, 0.05) is 126 Å². The second kappa shape index (κ2) is 39.3. The third-order valence-electron chi connectivity index (χ3n) is 23.7. The van der Waals surface area contributed by atoms with Gasteiger partial charge in [0.1, 0.15) is 56.8 Å². The molecule has 4 aromatic heterocycles. The number of anilines is 4. The summed E-state index contributed by atoms with van der Waals surface area (Å²) >= 11 is 0.832. The predicted molar refractivity (Wildman–Crippen MR) is 441 cm³/mol. The predicted octanol–water partition coefficient (Wildman–Crippen LogP) is 11.9. The van der Waals surface area contributed by atoms with Gasteiger partial charge in [-0.25, -0.2) is 56.8 Å². The molecule has 4 atom stereocenters. The van der Waals surface area contributed by atoms with Crippen LogP contribution in [0.1, 0.15) is 125 Å². The van der Waals surface area contributed by atoms with Crippen molar-refractivity contribution in [3.63, 3.8) is 0 Å². The lowest BCUT2D eigenvalue weighted by Crippen LogP contribution is -2.53. The lowest BCUT2D eigenvalue weighted by molar-refractivity contribution is -0.155. The van der Waals surface area contributed by atoms with Crippen LogP contribution < -0.4 is 19.6 Å². The number of benzene rings is 4. The molecule has 12 heterocycles. The molecule has 0 spiro atoms. The molecule has 0 aliphatic carbocycles. The zero-order valence-electron chi connectivity index (χ0n) is 68.5. The van der Waals surface area contributed by atoms with Crippen molar-refractivity contribution in [1.82, 2.24) is 55.1 Å². The first kappa shape index (κ1) is 96.7. The van der Waals surface area contributed by atoms with Crippen LogP contribution in [-0.2, 0) is 83.2 Å². The molecule has 8 saturated heterocycles. The summed E-state index contributed by atoms with van der Waals surface area (Å²) in [6.45, 7) is 4.44. The Morgan fingerprint density at radius 2 is 0.767 bits per heavy atom. The SMILES string of the molecule is Cc1cccc(C2CN(c3ncc(C(F)(F)F)cn3)CCN2C(=O)C2CCS(=O)(=O)CC2)c1.O=C(C1CCS(=O)(=O)CC1)N1CCN(c2cc(C(F)(F)F)on2)CC1c1cccc(F)c1.O=C(C1CCS(=O)(=O)CC1)N1CCN(c2nnc(C(F)(F)F)s2)CC1c1ccc(F)cc1.O=C(C1CCS(=O)(=O)CC1)N1CCN(c2nnc(C(F)(F)F)s2)CC1c1ccccc1F. The summed E-state index contributed by atoms with van der Waals surface area (Å²) in [5, 5.41) is 15.3. The molecule has 28 nitrogen and oxygen atoms in total. The molecule has 8 aliphatic heterocycles. The van der Waals surface area contributed by atoms with Gasteiger partial charge in [0.2, 0.25) is 55.6 Å². The summed E-state index contributed by atoms with van der Waals surface area (Å²) in [7, 11) is -12.5. The maximum absolute atomic E-state index is 14.6. The Bertz CT molecular complexity index is 5760. The maximum Gasteiger partial charge on any atom is 0.452 e. The molecule has 0 bridgehead atoms. The van der Waals surface area contributed by atoms with Crippen LogP contribution in [0, 0.1) is 48.0 Å². The number of carbonyl (C=O) groups is 4. The molecule has 4 aromatic carbocycles. The Morgan fingerprint density at radius 3 is 1.16 bits per heavy atom. The molecule has 8 aromatic rings. The summed E-state index contributed by atoms with van der Waals surface area (Å²) < 4.78 is 295.